The van der Waals surface area contributed by atoms with E-state index >= 15 is 0 Å². The van der Waals surface area contributed by atoms with E-state index in [4.69, 9.17) is 4.52 Å². The summed E-state index contributed by atoms with van der Waals surface area (Å²) >= 11 is 0. The molecule has 0 bridgehead atoms. The van der Waals surface area contributed by atoms with Crippen molar-refractivity contribution in [3.05, 3.63) is 11.8 Å². The lowest BCUT2D eigenvalue weighted by Crippen LogP contribution is -2.22. The highest BCUT2D eigenvalue weighted by Gasteiger charge is 2.22. The Labute approximate surface area is 70.7 Å². The molecule has 0 aromatic heterocycles. The molecular weight excluding hydrogens is 179 g/mol. The van der Waals surface area contributed by atoms with Crippen molar-refractivity contribution in [3.63, 3.8) is 0 Å². The van der Waals surface area contributed by atoms with Crippen LogP contribution in [-0.4, -0.2) is 17.4 Å². The molecule has 0 saturated heterocycles. The number of nitrogens with zero attached hydrogens (tertiary/aromatic N) is 1. The Kier molecular flexibility index (Phi) is 2.67. The lowest BCUT2D eigenvalue weighted by Gasteiger charge is -2.20. The second kappa shape index (κ2) is 3.39. The minimum Gasteiger partial charge on any atom is -0.323 e. The standard InChI is InChI=1S/C6H11N2O3P/c1-3-11-12(10)7-5(2)4-6(9)8-12/h4,10H,3H2,1-2H3,(H,8,9). The number of carbonyl (C=O) groups is 1. The van der Waals surface area contributed by atoms with Crippen LogP contribution >= 0.6 is 7.66 Å². The minimum atomic E-state index is -3.02. The van der Waals surface area contributed by atoms with E-state index in [1.165, 1.54) is 6.08 Å². The first-order valence-corrected chi connectivity index (χ1v) is 5.17. The molecular formula is C6H11N2O3P. The van der Waals surface area contributed by atoms with E-state index in [0.29, 0.717) is 12.3 Å². The third-order valence-corrected chi connectivity index (χ3v) is 2.91. The van der Waals surface area contributed by atoms with Gasteiger partial charge in [0.15, 0.2) is 0 Å². The summed E-state index contributed by atoms with van der Waals surface area (Å²) in [6, 6.07) is 0. The molecule has 0 fully saturated rings. The van der Waals surface area contributed by atoms with Gasteiger partial charge >= 0.3 is 7.66 Å². The van der Waals surface area contributed by atoms with Gasteiger partial charge in [-0.2, -0.15) is 0 Å². The molecule has 1 heterocycles. The average molecular weight is 190 g/mol. The molecule has 1 aliphatic rings. The maximum atomic E-state index is 10.9. The van der Waals surface area contributed by atoms with Crippen LogP contribution in [0.5, 0.6) is 0 Å². The van der Waals surface area contributed by atoms with E-state index in [-0.39, 0.29) is 5.91 Å². The zero-order chi connectivity index (χ0) is 9.19. The minimum absolute atomic E-state index is 0.321. The van der Waals surface area contributed by atoms with E-state index in [9.17, 15) is 9.69 Å². The third-order valence-electron chi connectivity index (χ3n) is 1.20. The molecule has 1 aliphatic heterocycles. The van der Waals surface area contributed by atoms with Crippen LogP contribution in [0, 0.1) is 0 Å². The summed E-state index contributed by atoms with van der Waals surface area (Å²) in [5, 5.41) is 2.29. The molecule has 5 nitrogen and oxygen atoms in total. The Morgan fingerprint density at radius 3 is 3.00 bits per heavy atom. The van der Waals surface area contributed by atoms with E-state index in [1.54, 1.807) is 13.8 Å². The molecule has 0 aliphatic carbocycles. The monoisotopic (exact) mass is 190 g/mol. The van der Waals surface area contributed by atoms with Crippen LogP contribution in [-0.2, 0) is 9.32 Å². The van der Waals surface area contributed by atoms with Gasteiger partial charge in [0.05, 0.1) is 6.61 Å². The third kappa shape index (κ3) is 2.17. The summed E-state index contributed by atoms with van der Waals surface area (Å²) in [6.45, 7) is 3.69. The van der Waals surface area contributed by atoms with Crippen molar-refractivity contribution in [2.75, 3.05) is 6.61 Å². The summed E-state index contributed by atoms with van der Waals surface area (Å²) in [7, 11) is -3.02. The van der Waals surface area contributed by atoms with Crippen molar-refractivity contribution >= 4 is 13.6 Å². The van der Waals surface area contributed by atoms with Gasteiger partial charge in [0.25, 0.3) is 5.91 Å². The van der Waals surface area contributed by atoms with Crippen LogP contribution < -0.4 is 5.09 Å². The molecule has 1 unspecified atom stereocenters. The van der Waals surface area contributed by atoms with Gasteiger partial charge in [-0.15, -0.1) is 0 Å². The maximum Gasteiger partial charge on any atom is 0.319 e. The van der Waals surface area contributed by atoms with Crippen LogP contribution in [0.4, 0.5) is 0 Å². The fourth-order valence-electron chi connectivity index (χ4n) is 0.874. The van der Waals surface area contributed by atoms with Crippen molar-refractivity contribution in [3.8, 4) is 0 Å². The Bertz CT molecular complexity index is 285. The van der Waals surface area contributed by atoms with Gasteiger partial charge in [0.1, 0.15) is 0 Å². The SMILES string of the molecule is CCOP1(O)=NC(C)=CC(=O)N1. The number of rotatable bonds is 2. The molecule has 0 radical (unpaired) electrons. The Balaban J connectivity index is 2.91. The average Bonchev–Trinajstić information content (AvgIpc) is 1.82. The molecule has 0 saturated carbocycles. The van der Waals surface area contributed by atoms with Gasteiger partial charge in [0.2, 0.25) is 0 Å². The summed E-state index contributed by atoms with van der Waals surface area (Å²) in [4.78, 5) is 20.5. The molecule has 68 valence electrons. The highest BCUT2D eigenvalue weighted by molar-refractivity contribution is 7.54. The smallest absolute Gasteiger partial charge is 0.319 e. The van der Waals surface area contributed by atoms with Gasteiger partial charge in [-0.05, 0) is 13.8 Å². The highest BCUT2D eigenvalue weighted by Crippen LogP contribution is 2.44. The van der Waals surface area contributed by atoms with Crippen molar-refractivity contribution in [2.45, 2.75) is 13.8 Å². The van der Waals surface area contributed by atoms with Gasteiger partial charge in [-0.3, -0.25) is 9.88 Å². The Morgan fingerprint density at radius 2 is 2.50 bits per heavy atom. The summed E-state index contributed by atoms with van der Waals surface area (Å²) in [6.07, 6.45) is 1.31. The zero-order valence-corrected chi connectivity index (χ0v) is 7.84. The van der Waals surface area contributed by atoms with Crippen molar-refractivity contribution in [1.82, 2.24) is 5.09 Å². The maximum absolute atomic E-state index is 10.9. The molecule has 0 aromatic rings. The van der Waals surface area contributed by atoms with E-state index in [2.05, 4.69) is 9.83 Å². The van der Waals surface area contributed by atoms with E-state index < -0.39 is 7.66 Å². The van der Waals surface area contributed by atoms with Crippen LogP contribution in [0.25, 0.3) is 0 Å². The number of carbonyl (C=O) groups excluding carboxylic acids is 1. The summed E-state index contributed by atoms with van der Waals surface area (Å²) in [5.41, 5.74) is 0.489. The second-order valence-corrected chi connectivity index (χ2v) is 4.09. The van der Waals surface area contributed by atoms with Crippen molar-refractivity contribution in [2.24, 2.45) is 4.74 Å². The fraction of sp³-hybridized carbons (Fsp3) is 0.500. The number of nitrogens with one attached hydrogen (secondary N) is 1. The van der Waals surface area contributed by atoms with E-state index in [0.717, 1.165) is 0 Å². The van der Waals surface area contributed by atoms with Gasteiger partial charge in [-0.25, -0.2) is 4.74 Å². The first-order valence-electron chi connectivity index (χ1n) is 3.56. The van der Waals surface area contributed by atoms with Crippen LogP contribution in [0.3, 0.4) is 0 Å². The topological polar surface area (TPSA) is 70.9 Å². The molecule has 6 heteroatoms. The van der Waals surface area contributed by atoms with Gasteiger partial charge in [-0.1, -0.05) is 0 Å². The predicted molar refractivity (Wildman–Crippen MR) is 45.1 cm³/mol. The van der Waals surface area contributed by atoms with Crippen molar-refractivity contribution in [1.29, 1.82) is 0 Å². The first-order chi connectivity index (χ1) is 5.56. The van der Waals surface area contributed by atoms with Crippen molar-refractivity contribution < 1.29 is 14.2 Å². The molecule has 0 spiro atoms. The molecule has 12 heavy (non-hydrogen) atoms. The van der Waals surface area contributed by atoms with Crippen LogP contribution in [0.2, 0.25) is 0 Å². The largest absolute Gasteiger partial charge is 0.323 e. The zero-order valence-electron chi connectivity index (χ0n) is 6.94. The highest BCUT2D eigenvalue weighted by atomic mass is 31.2. The molecule has 0 aromatic carbocycles. The van der Waals surface area contributed by atoms with Gasteiger partial charge in [0, 0.05) is 11.8 Å². The number of allylic oxidation sites excluding steroid dienone is 1. The predicted octanol–water partition coefficient (Wildman–Crippen LogP) is 0.995. The summed E-state index contributed by atoms with van der Waals surface area (Å²) < 4.78 is 8.77. The number of hydrogen-bond donors (Lipinski definition) is 2. The van der Waals surface area contributed by atoms with Crippen LogP contribution in [0.15, 0.2) is 16.5 Å². The molecule has 2 N–H and O–H groups in total. The number of hydrogen-bond acceptors (Lipinski definition) is 3. The number of amides is 1. The fourth-order valence-corrected chi connectivity index (χ4v) is 2.24. The molecule has 1 atom stereocenters. The van der Waals surface area contributed by atoms with Crippen LogP contribution in [0.1, 0.15) is 13.8 Å². The first kappa shape index (κ1) is 9.45. The lowest BCUT2D eigenvalue weighted by atomic mass is 10.4. The molecule has 1 amide bonds. The lowest BCUT2D eigenvalue weighted by molar-refractivity contribution is -0.115. The van der Waals surface area contributed by atoms with Gasteiger partial charge < -0.3 is 9.42 Å². The second-order valence-electron chi connectivity index (χ2n) is 2.32. The Hall–Kier alpha value is -0.640. The summed E-state index contributed by atoms with van der Waals surface area (Å²) in [5.74, 6) is -0.355. The Morgan fingerprint density at radius 1 is 1.83 bits per heavy atom. The normalized spacial score (nSPS) is 28.9. The quantitative estimate of drug-likeness (QED) is 0.638. The molecule has 1 rings (SSSR count). The van der Waals surface area contributed by atoms with E-state index in [1.807, 2.05) is 0 Å².